The zero-order chi connectivity index (χ0) is 8.52. The van der Waals surface area contributed by atoms with E-state index in [1.54, 1.807) is 0 Å². The minimum atomic E-state index is 0.626. The Morgan fingerprint density at radius 3 is 2.23 bits per heavy atom. The van der Waals surface area contributed by atoms with Gasteiger partial charge in [-0.2, -0.15) is 0 Å². The van der Waals surface area contributed by atoms with Gasteiger partial charge in [0.2, 0.25) is 0 Å². The van der Waals surface area contributed by atoms with Crippen molar-refractivity contribution in [2.45, 2.75) is 24.8 Å². The highest BCUT2D eigenvalue weighted by Crippen LogP contribution is 2.76. The normalized spacial score (nSPS) is 44.2. The first-order valence-electron chi connectivity index (χ1n) is 5.15. The highest BCUT2D eigenvalue weighted by Gasteiger charge is 2.77. The Morgan fingerprint density at radius 2 is 1.69 bits per heavy atom. The molecule has 3 saturated carbocycles. The van der Waals surface area contributed by atoms with E-state index < -0.39 is 0 Å². The Labute approximate surface area is 78.4 Å². The fourth-order valence-corrected chi connectivity index (χ4v) is 3.87. The third kappa shape index (κ3) is 0.560. The van der Waals surface area contributed by atoms with E-state index in [4.69, 9.17) is 0 Å². The lowest BCUT2D eigenvalue weighted by Gasteiger charge is -2.62. The standard InChI is InChI=1S/C12H13N/c1-2-4-10(5-3-1)13-9-11-6-12(13,7-11)8-11/h1-5H,6-9H2. The van der Waals surface area contributed by atoms with Crippen molar-refractivity contribution in [2.24, 2.45) is 5.41 Å². The zero-order valence-electron chi connectivity index (χ0n) is 7.66. The number of rotatable bonds is 1. The first-order valence-corrected chi connectivity index (χ1v) is 5.15. The van der Waals surface area contributed by atoms with E-state index in [-0.39, 0.29) is 0 Å². The van der Waals surface area contributed by atoms with Crippen LogP contribution in [0.1, 0.15) is 19.3 Å². The second kappa shape index (κ2) is 1.63. The average Bonchev–Trinajstić information content (AvgIpc) is 2.63. The molecule has 1 nitrogen and oxygen atoms in total. The molecule has 0 radical (unpaired) electrons. The van der Waals surface area contributed by atoms with Crippen molar-refractivity contribution < 1.29 is 0 Å². The van der Waals surface area contributed by atoms with Crippen LogP contribution in [-0.4, -0.2) is 12.1 Å². The minimum absolute atomic E-state index is 0.626. The lowest BCUT2D eigenvalue weighted by atomic mass is 9.44. The van der Waals surface area contributed by atoms with Crippen molar-refractivity contribution >= 4 is 5.69 Å². The van der Waals surface area contributed by atoms with Gasteiger partial charge in [-0.25, -0.2) is 0 Å². The highest BCUT2D eigenvalue weighted by atomic mass is 15.3. The lowest BCUT2D eigenvalue weighted by molar-refractivity contribution is -0.0470. The second-order valence-electron chi connectivity index (χ2n) is 5.18. The van der Waals surface area contributed by atoms with Gasteiger partial charge in [-0.15, -0.1) is 0 Å². The SMILES string of the molecule is c1ccc(N2CC34CC2(C3)C4)cc1. The Hall–Kier alpha value is -0.980. The molecule has 1 heteroatoms. The van der Waals surface area contributed by atoms with Gasteiger partial charge in [0, 0.05) is 17.8 Å². The number of hydrogen-bond donors (Lipinski definition) is 0. The Kier molecular flexibility index (Phi) is 0.813. The van der Waals surface area contributed by atoms with Gasteiger partial charge in [0.1, 0.15) is 0 Å². The Balaban J connectivity index is 1.78. The van der Waals surface area contributed by atoms with Crippen LogP contribution in [0.2, 0.25) is 0 Å². The predicted octanol–water partition coefficient (Wildman–Crippen LogP) is 2.43. The van der Waals surface area contributed by atoms with E-state index in [1.165, 1.54) is 31.5 Å². The maximum Gasteiger partial charge on any atom is 0.0420 e. The number of anilines is 1. The van der Waals surface area contributed by atoms with Crippen LogP contribution >= 0.6 is 0 Å². The predicted molar refractivity (Wildman–Crippen MR) is 52.8 cm³/mol. The molecule has 0 atom stereocenters. The van der Waals surface area contributed by atoms with E-state index in [0.717, 1.165) is 5.41 Å². The van der Waals surface area contributed by atoms with Gasteiger partial charge >= 0.3 is 0 Å². The summed E-state index contributed by atoms with van der Waals surface area (Å²) in [5, 5.41) is 0. The summed E-state index contributed by atoms with van der Waals surface area (Å²) < 4.78 is 0. The van der Waals surface area contributed by atoms with E-state index >= 15 is 0 Å². The minimum Gasteiger partial charge on any atom is -0.365 e. The molecule has 3 aliphatic heterocycles. The van der Waals surface area contributed by atoms with E-state index in [9.17, 15) is 0 Å². The molecule has 1 aromatic rings. The van der Waals surface area contributed by atoms with Crippen molar-refractivity contribution in [3.63, 3.8) is 0 Å². The molecule has 6 fully saturated rings. The fraction of sp³-hybridized carbons (Fsp3) is 0.500. The van der Waals surface area contributed by atoms with Crippen LogP contribution < -0.4 is 4.90 Å². The van der Waals surface area contributed by atoms with Gasteiger partial charge in [-0.1, -0.05) is 18.2 Å². The van der Waals surface area contributed by atoms with Gasteiger partial charge in [-0.05, 0) is 36.8 Å². The van der Waals surface area contributed by atoms with Gasteiger partial charge < -0.3 is 4.90 Å². The fourth-order valence-electron chi connectivity index (χ4n) is 3.87. The molecule has 66 valence electrons. The van der Waals surface area contributed by atoms with Gasteiger partial charge in [0.15, 0.2) is 0 Å². The van der Waals surface area contributed by atoms with Crippen molar-refractivity contribution in [3.05, 3.63) is 30.3 Å². The van der Waals surface area contributed by atoms with Crippen LogP contribution in [0.5, 0.6) is 0 Å². The summed E-state index contributed by atoms with van der Waals surface area (Å²) in [5.41, 5.74) is 2.84. The van der Waals surface area contributed by atoms with Gasteiger partial charge in [0.25, 0.3) is 0 Å². The second-order valence-corrected chi connectivity index (χ2v) is 5.18. The lowest BCUT2D eigenvalue weighted by Crippen LogP contribution is -2.62. The van der Waals surface area contributed by atoms with Crippen LogP contribution in [-0.2, 0) is 0 Å². The van der Waals surface area contributed by atoms with Crippen molar-refractivity contribution in [1.29, 1.82) is 0 Å². The molecule has 7 rings (SSSR count). The molecule has 0 unspecified atom stereocenters. The molecule has 0 N–H and O–H groups in total. The molecule has 3 aliphatic carbocycles. The summed E-state index contributed by atoms with van der Waals surface area (Å²) in [7, 11) is 0. The summed E-state index contributed by atoms with van der Waals surface area (Å²) in [6, 6.07) is 10.9. The molecule has 3 saturated heterocycles. The number of benzene rings is 1. The maximum absolute atomic E-state index is 2.65. The molecular weight excluding hydrogens is 158 g/mol. The molecule has 2 bridgehead atoms. The third-order valence-corrected chi connectivity index (χ3v) is 4.25. The molecule has 0 spiro atoms. The first kappa shape index (κ1) is 6.47. The number of hydrogen-bond acceptors (Lipinski definition) is 1. The van der Waals surface area contributed by atoms with E-state index in [2.05, 4.69) is 35.2 Å². The summed E-state index contributed by atoms with van der Waals surface area (Å²) in [5.74, 6) is 0. The summed E-state index contributed by atoms with van der Waals surface area (Å²) in [4.78, 5) is 2.65. The van der Waals surface area contributed by atoms with Gasteiger partial charge in [-0.3, -0.25) is 0 Å². The Bertz CT molecular complexity index is 348. The van der Waals surface area contributed by atoms with Gasteiger partial charge in [0.05, 0.1) is 0 Å². The topological polar surface area (TPSA) is 3.24 Å². The largest absolute Gasteiger partial charge is 0.365 e. The summed E-state index contributed by atoms with van der Waals surface area (Å²) in [6.45, 7) is 1.33. The number of para-hydroxylation sites is 1. The molecule has 13 heavy (non-hydrogen) atoms. The Morgan fingerprint density at radius 1 is 1.00 bits per heavy atom. The van der Waals surface area contributed by atoms with Crippen molar-refractivity contribution in [1.82, 2.24) is 0 Å². The quantitative estimate of drug-likeness (QED) is 0.627. The smallest absolute Gasteiger partial charge is 0.0420 e. The number of nitrogens with zero attached hydrogens (tertiary/aromatic N) is 1. The van der Waals surface area contributed by atoms with Crippen LogP contribution in [0.3, 0.4) is 0 Å². The van der Waals surface area contributed by atoms with Crippen molar-refractivity contribution in [3.8, 4) is 0 Å². The molecule has 6 aliphatic rings. The average molecular weight is 171 g/mol. The summed E-state index contributed by atoms with van der Waals surface area (Å²) in [6.07, 6.45) is 4.44. The molecule has 3 heterocycles. The molecular formula is C12H13N. The van der Waals surface area contributed by atoms with Crippen LogP contribution in [0, 0.1) is 5.41 Å². The van der Waals surface area contributed by atoms with Crippen LogP contribution in [0.15, 0.2) is 30.3 Å². The van der Waals surface area contributed by atoms with Crippen LogP contribution in [0.4, 0.5) is 5.69 Å². The highest BCUT2D eigenvalue weighted by molar-refractivity contribution is 5.59. The summed E-state index contributed by atoms with van der Waals surface area (Å²) >= 11 is 0. The molecule has 0 aromatic heterocycles. The third-order valence-electron chi connectivity index (χ3n) is 4.25. The maximum atomic E-state index is 2.65. The zero-order valence-corrected chi connectivity index (χ0v) is 7.66. The first-order chi connectivity index (χ1) is 6.32. The molecule has 0 amide bonds. The monoisotopic (exact) mass is 171 g/mol. The van der Waals surface area contributed by atoms with E-state index in [1.807, 2.05) is 0 Å². The van der Waals surface area contributed by atoms with Crippen molar-refractivity contribution in [2.75, 3.05) is 11.4 Å². The van der Waals surface area contributed by atoms with Crippen LogP contribution in [0.25, 0.3) is 0 Å². The molecule has 1 aromatic carbocycles. The van der Waals surface area contributed by atoms with E-state index in [0.29, 0.717) is 5.54 Å².